The van der Waals surface area contributed by atoms with Crippen molar-refractivity contribution in [3.63, 3.8) is 0 Å². The molecule has 1 aromatic rings. The van der Waals surface area contributed by atoms with Gasteiger partial charge in [0.1, 0.15) is 5.69 Å². The molecule has 0 spiro atoms. The zero-order valence-electron chi connectivity index (χ0n) is 6.88. The molecule has 0 aliphatic carbocycles. The van der Waals surface area contributed by atoms with Gasteiger partial charge in [-0.1, -0.05) is 0 Å². The van der Waals surface area contributed by atoms with Gasteiger partial charge in [-0.05, 0) is 12.1 Å². The minimum atomic E-state index is -3.87. The molecular formula is C6H7N3O4S. The molecule has 0 aliphatic heterocycles. The Hall–Kier alpha value is -1.67. The largest absolute Gasteiger partial charge is 0.393 e. The molecule has 14 heavy (non-hydrogen) atoms. The smallest absolute Gasteiger partial charge is 0.292 e. The van der Waals surface area contributed by atoms with Crippen LogP contribution >= 0.6 is 0 Å². The lowest BCUT2D eigenvalue weighted by molar-refractivity contribution is -0.383. The Bertz CT molecular complexity index is 482. The Morgan fingerprint density at radius 3 is 2.29 bits per heavy atom. The molecule has 1 rings (SSSR count). The maximum atomic E-state index is 10.8. The first-order valence-electron chi connectivity index (χ1n) is 3.39. The van der Waals surface area contributed by atoms with Crippen LogP contribution in [0.1, 0.15) is 0 Å². The van der Waals surface area contributed by atoms with E-state index in [1.165, 1.54) is 0 Å². The number of hydrogen-bond acceptors (Lipinski definition) is 5. The summed E-state index contributed by atoms with van der Waals surface area (Å²) in [4.78, 5) is 9.37. The lowest BCUT2D eigenvalue weighted by atomic mass is 10.3. The van der Waals surface area contributed by atoms with Crippen LogP contribution in [-0.4, -0.2) is 13.3 Å². The Balaban J connectivity index is 3.34. The first-order valence-corrected chi connectivity index (χ1v) is 4.93. The zero-order valence-corrected chi connectivity index (χ0v) is 7.69. The van der Waals surface area contributed by atoms with Crippen LogP contribution in [0.3, 0.4) is 0 Å². The number of hydrogen-bond donors (Lipinski definition) is 2. The van der Waals surface area contributed by atoms with Crippen LogP contribution in [0.15, 0.2) is 23.1 Å². The van der Waals surface area contributed by atoms with E-state index in [2.05, 4.69) is 0 Å². The molecule has 0 radical (unpaired) electrons. The van der Waals surface area contributed by atoms with E-state index in [4.69, 9.17) is 10.9 Å². The van der Waals surface area contributed by atoms with Gasteiger partial charge in [0.25, 0.3) is 5.69 Å². The normalized spacial score (nSPS) is 11.2. The van der Waals surface area contributed by atoms with Gasteiger partial charge in [0.2, 0.25) is 10.0 Å². The summed E-state index contributed by atoms with van der Waals surface area (Å²) in [5, 5.41) is 15.1. The van der Waals surface area contributed by atoms with E-state index >= 15 is 0 Å². The van der Waals surface area contributed by atoms with E-state index in [1.807, 2.05) is 0 Å². The summed E-state index contributed by atoms with van der Waals surface area (Å²) in [6.45, 7) is 0. The Morgan fingerprint density at radius 1 is 1.36 bits per heavy atom. The second kappa shape index (κ2) is 3.24. The van der Waals surface area contributed by atoms with Crippen molar-refractivity contribution < 1.29 is 13.3 Å². The van der Waals surface area contributed by atoms with Gasteiger partial charge >= 0.3 is 0 Å². The van der Waals surface area contributed by atoms with Gasteiger partial charge in [0.15, 0.2) is 0 Å². The molecule has 0 atom stereocenters. The highest BCUT2D eigenvalue weighted by atomic mass is 32.2. The number of anilines is 1. The van der Waals surface area contributed by atoms with Crippen LogP contribution < -0.4 is 10.9 Å². The molecule has 0 fully saturated rings. The number of rotatable bonds is 2. The third-order valence-corrected chi connectivity index (χ3v) is 2.44. The maximum Gasteiger partial charge on any atom is 0.292 e. The fourth-order valence-electron chi connectivity index (χ4n) is 0.876. The van der Waals surface area contributed by atoms with Gasteiger partial charge in [-0.15, -0.1) is 0 Å². The summed E-state index contributed by atoms with van der Waals surface area (Å²) < 4.78 is 21.6. The second-order valence-electron chi connectivity index (χ2n) is 2.52. The molecule has 0 heterocycles. The number of sulfonamides is 1. The number of benzene rings is 1. The summed E-state index contributed by atoms with van der Waals surface area (Å²) in [5.41, 5.74) is 4.67. The summed E-state index contributed by atoms with van der Waals surface area (Å²) in [7, 11) is -3.87. The van der Waals surface area contributed by atoms with Crippen molar-refractivity contribution in [1.82, 2.24) is 0 Å². The lowest BCUT2D eigenvalue weighted by Gasteiger charge is -2.00. The first kappa shape index (κ1) is 10.4. The number of nitro benzene ring substituents is 1. The van der Waals surface area contributed by atoms with Gasteiger partial charge in [0.05, 0.1) is 9.82 Å². The molecule has 1 aromatic carbocycles. The number of nitrogen functional groups attached to an aromatic ring is 1. The van der Waals surface area contributed by atoms with E-state index < -0.39 is 14.9 Å². The average Bonchev–Trinajstić information content (AvgIpc) is 2.01. The van der Waals surface area contributed by atoms with Crippen molar-refractivity contribution >= 4 is 21.4 Å². The summed E-state index contributed by atoms with van der Waals surface area (Å²) in [6.07, 6.45) is 0. The van der Waals surface area contributed by atoms with Gasteiger partial charge < -0.3 is 5.73 Å². The van der Waals surface area contributed by atoms with Crippen LogP contribution in [0.2, 0.25) is 0 Å². The quantitative estimate of drug-likeness (QED) is 0.403. The third-order valence-electron chi connectivity index (χ3n) is 1.52. The minimum absolute atomic E-state index is 0.235. The molecule has 0 amide bonds. The van der Waals surface area contributed by atoms with Gasteiger partial charge in [-0.3, -0.25) is 10.1 Å². The van der Waals surface area contributed by atoms with Crippen molar-refractivity contribution in [3.05, 3.63) is 28.3 Å². The molecule has 0 bridgehead atoms. The molecule has 0 saturated carbocycles. The molecule has 76 valence electrons. The van der Waals surface area contributed by atoms with E-state index in [0.29, 0.717) is 0 Å². The molecule has 0 aliphatic rings. The average molecular weight is 217 g/mol. The summed E-state index contributed by atoms with van der Waals surface area (Å²) >= 11 is 0. The minimum Gasteiger partial charge on any atom is -0.393 e. The van der Waals surface area contributed by atoms with E-state index in [-0.39, 0.29) is 16.3 Å². The second-order valence-corrected chi connectivity index (χ2v) is 4.08. The van der Waals surface area contributed by atoms with Crippen LogP contribution in [-0.2, 0) is 10.0 Å². The van der Waals surface area contributed by atoms with Crippen molar-refractivity contribution in [3.8, 4) is 0 Å². The highest BCUT2D eigenvalue weighted by Crippen LogP contribution is 2.23. The molecule has 0 saturated heterocycles. The molecule has 0 aromatic heterocycles. The fourth-order valence-corrected chi connectivity index (χ4v) is 1.42. The van der Waals surface area contributed by atoms with Crippen LogP contribution in [0.25, 0.3) is 0 Å². The Kier molecular flexibility index (Phi) is 2.41. The van der Waals surface area contributed by atoms with E-state index in [9.17, 15) is 18.5 Å². The zero-order chi connectivity index (χ0) is 10.9. The van der Waals surface area contributed by atoms with E-state index in [1.54, 1.807) is 0 Å². The van der Waals surface area contributed by atoms with Crippen LogP contribution in [0.4, 0.5) is 11.4 Å². The third kappa shape index (κ3) is 1.98. The predicted octanol–water partition coefficient (Wildman–Crippen LogP) is -0.176. The summed E-state index contributed by atoms with van der Waals surface area (Å²) in [5.74, 6) is 0. The van der Waals surface area contributed by atoms with Gasteiger partial charge in [0, 0.05) is 6.07 Å². The van der Waals surface area contributed by atoms with Gasteiger partial charge in [-0.2, -0.15) is 0 Å². The fraction of sp³-hybridized carbons (Fsp3) is 0. The summed E-state index contributed by atoms with van der Waals surface area (Å²) in [6, 6.07) is 2.98. The number of nitro groups is 1. The van der Waals surface area contributed by atoms with Crippen LogP contribution in [0.5, 0.6) is 0 Å². The maximum absolute atomic E-state index is 10.8. The first-order chi connectivity index (χ1) is 6.32. The Morgan fingerprint density at radius 2 is 1.93 bits per heavy atom. The highest BCUT2D eigenvalue weighted by molar-refractivity contribution is 7.89. The number of nitrogens with two attached hydrogens (primary N) is 2. The molecular weight excluding hydrogens is 210 g/mol. The lowest BCUT2D eigenvalue weighted by Crippen LogP contribution is -2.12. The van der Waals surface area contributed by atoms with Gasteiger partial charge in [-0.25, -0.2) is 13.6 Å². The highest BCUT2D eigenvalue weighted by Gasteiger charge is 2.15. The van der Waals surface area contributed by atoms with Crippen LogP contribution in [0, 0.1) is 10.1 Å². The predicted molar refractivity (Wildman–Crippen MR) is 48.9 cm³/mol. The van der Waals surface area contributed by atoms with Crippen molar-refractivity contribution in [1.29, 1.82) is 0 Å². The molecule has 8 heteroatoms. The topological polar surface area (TPSA) is 129 Å². The molecule has 0 unspecified atom stereocenters. The standard InChI is InChI=1S/C6H7N3O4S/c7-5-3-4(14(8,12)13)1-2-6(5)9(10)11/h1-3H,7H2,(H2,8,12,13). The van der Waals surface area contributed by atoms with E-state index in [0.717, 1.165) is 18.2 Å². The van der Waals surface area contributed by atoms with Crippen molar-refractivity contribution in [2.75, 3.05) is 5.73 Å². The molecule has 4 N–H and O–H groups in total. The molecule has 7 nitrogen and oxygen atoms in total. The Labute approximate surface area is 79.5 Å². The number of primary sulfonamides is 1. The SMILES string of the molecule is Nc1cc(S(N)(=O)=O)ccc1[N+](=O)[O-]. The van der Waals surface area contributed by atoms with Crippen molar-refractivity contribution in [2.45, 2.75) is 4.90 Å². The monoisotopic (exact) mass is 217 g/mol. The number of nitrogens with zero attached hydrogens (tertiary/aromatic N) is 1. The van der Waals surface area contributed by atoms with Crippen molar-refractivity contribution in [2.24, 2.45) is 5.14 Å².